The fourth-order valence-corrected chi connectivity index (χ4v) is 2.31. The molecule has 3 nitrogen and oxygen atoms in total. The summed E-state index contributed by atoms with van der Waals surface area (Å²) in [6.45, 7) is 1.98. The number of hydrogen-bond acceptors (Lipinski definition) is 2. The minimum Gasteiger partial charge on any atom is -0.319 e. The summed E-state index contributed by atoms with van der Waals surface area (Å²) in [5.41, 5.74) is 3.60. The summed E-state index contributed by atoms with van der Waals surface area (Å²) in [6.07, 6.45) is 3.47. The Morgan fingerprint density at radius 3 is 2.76 bits per heavy atom. The summed E-state index contributed by atoms with van der Waals surface area (Å²) >= 11 is 6.09. The average molecular weight is 297 g/mol. The van der Waals surface area contributed by atoms with Gasteiger partial charge in [0, 0.05) is 5.02 Å². The second-order valence-corrected chi connectivity index (χ2v) is 5.23. The van der Waals surface area contributed by atoms with Gasteiger partial charge in [0.1, 0.15) is 5.69 Å². The standard InChI is InChI=1S/C17H13ClN2O/c1-11-6-8-14-16(10-11)20-17(21)15(19-14)9-7-12-4-2-3-5-13(12)18/h2-10H,1H3,(H,20,21). The van der Waals surface area contributed by atoms with Gasteiger partial charge in [0.25, 0.3) is 5.56 Å². The lowest BCUT2D eigenvalue weighted by atomic mass is 10.2. The van der Waals surface area contributed by atoms with Gasteiger partial charge in [-0.1, -0.05) is 41.9 Å². The van der Waals surface area contributed by atoms with Gasteiger partial charge < -0.3 is 4.98 Å². The van der Waals surface area contributed by atoms with Gasteiger partial charge in [0.15, 0.2) is 0 Å². The van der Waals surface area contributed by atoms with E-state index in [-0.39, 0.29) is 5.56 Å². The van der Waals surface area contributed by atoms with Crippen molar-refractivity contribution in [3.05, 3.63) is 74.7 Å². The molecule has 1 N–H and O–H groups in total. The monoisotopic (exact) mass is 296 g/mol. The largest absolute Gasteiger partial charge is 0.319 e. The highest BCUT2D eigenvalue weighted by molar-refractivity contribution is 6.32. The molecule has 0 unspecified atom stereocenters. The molecule has 1 heterocycles. The van der Waals surface area contributed by atoms with E-state index < -0.39 is 0 Å². The van der Waals surface area contributed by atoms with Crippen LogP contribution in [0.2, 0.25) is 5.02 Å². The quantitative estimate of drug-likeness (QED) is 0.775. The number of benzene rings is 2. The van der Waals surface area contributed by atoms with Gasteiger partial charge in [-0.15, -0.1) is 0 Å². The highest BCUT2D eigenvalue weighted by Crippen LogP contribution is 2.17. The van der Waals surface area contributed by atoms with Gasteiger partial charge in [-0.3, -0.25) is 4.79 Å². The minimum absolute atomic E-state index is 0.212. The van der Waals surface area contributed by atoms with Crippen LogP contribution in [0.4, 0.5) is 0 Å². The van der Waals surface area contributed by atoms with E-state index in [1.165, 1.54) is 0 Å². The maximum Gasteiger partial charge on any atom is 0.274 e. The number of hydrogen-bond donors (Lipinski definition) is 1. The maximum atomic E-state index is 12.0. The summed E-state index contributed by atoms with van der Waals surface area (Å²) < 4.78 is 0. The number of H-pyrrole nitrogens is 1. The number of aromatic amines is 1. The molecule has 0 spiro atoms. The Morgan fingerprint density at radius 1 is 1.14 bits per heavy atom. The Balaban J connectivity index is 2.05. The van der Waals surface area contributed by atoms with Crippen LogP contribution in [0.1, 0.15) is 16.8 Å². The van der Waals surface area contributed by atoms with E-state index in [0.29, 0.717) is 10.7 Å². The molecular weight excluding hydrogens is 284 g/mol. The van der Waals surface area contributed by atoms with Gasteiger partial charge in [-0.05, 0) is 42.3 Å². The SMILES string of the molecule is Cc1ccc2nc(C=Cc3ccccc3Cl)c(=O)[nH]c2c1. The molecular formula is C17H13ClN2O. The molecule has 1 aromatic heterocycles. The molecule has 0 amide bonds. The van der Waals surface area contributed by atoms with Crippen molar-refractivity contribution in [2.75, 3.05) is 0 Å². The Kier molecular flexibility index (Phi) is 3.59. The van der Waals surface area contributed by atoms with Crippen LogP contribution >= 0.6 is 11.6 Å². The molecule has 0 aliphatic rings. The van der Waals surface area contributed by atoms with Gasteiger partial charge in [0.05, 0.1) is 11.0 Å². The van der Waals surface area contributed by atoms with Crippen LogP contribution in [-0.4, -0.2) is 9.97 Å². The second kappa shape index (κ2) is 5.54. The Bertz CT molecular complexity index is 897. The molecule has 0 aliphatic heterocycles. The highest BCUT2D eigenvalue weighted by Gasteiger charge is 2.02. The first-order valence-corrected chi connectivity index (χ1v) is 6.94. The molecule has 3 aromatic rings. The van der Waals surface area contributed by atoms with E-state index in [1.807, 2.05) is 49.4 Å². The molecule has 0 atom stereocenters. The van der Waals surface area contributed by atoms with Crippen molar-refractivity contribution in [2.45, 2.75) is 6.92 Å². The molecule has 2 aromatic carbocycles. The second-order valence-electron chi connectivity index (χ2n) is 4.83. The summed E-state index contributed by atoms with van der Waals surface area (Å²) in [6, 6.07) is 13.2. The van der Waals surface area contributed by atoms with Gasteiger partial charge in [0.2, 0.25) is 0 Å². The summed E-state index contributed by atoms with van der Waals surface area (Å²) in [7, 11) is 0. The number of halogens is 1. The third-order valence-electron chi connectivity index (χ3n) is 3.20. The van der Waals surface area contributed by atoms with Crippen LogP contribution in [0.3, 0.4) is 0 Å². The van der Waals surface area contributed by atoms with Crippen LogP contribution in [0.5, 0.6) is 0 Å². The lowest BCUT2D eigenvalue weighted by Gasteiger charge is -2.01. The number of rotatable bonds is 2. The van der Waals surface area contributed by atoms with Crippen molar-refractivity contribution in [3.63, 3.8) is 0 Å². The molecule has 0 saturated carbocycles. The third-order valence-corrected chi connectivity index (χ3v) is 3.54. The molecule has 3 rings (SSSR count). The van der Waals surface area contributed by atoms with Crippen LogP contribution in [0, 0.1) is 6.92 Å². The van der Waals surface area contributed by atoms with Gasteiger partial charge in [-0.2, -0.15) is 0 Å². The van der Waals surface area contributed by atoms with Gasteiger partial charge >= 0.3 is 0 Å². The molecule has 0 radical (unpaired) electrons. The Morgan fingerprint density at radius 2 is 1.95 bits per heavy atom. The summed E-state index contributed by atoms with van der Waals surface area (Å²) in [5.74, 6) is 0. The normalized spacial score (nSPS) is 11.3. The first-order valence-electron chi connectivity index (χ1n) is 6.57. The number of fused-ring (bicyclic) bond motifs is 1. The molecule has 0 bridgehead atoms. The third kappa shape index (κ3) is 2.88. The van der Waals surface area contributed by atoms with E-state index >= 15 is 0 Å². The lowest BCUT2D eigenvalue weighted by molar-refractivity contribution is 1.19. The minimum atomic E-state index is -0.212. The highest BCUT2D eigenvalue weighted by atomic mass is 35.5. The van der Waals surface area contributed by atoms with Crippen molar-refractivity contribution < 1.29 is 0 Å². The Hall–Kier alpha value is -2.39. The molecule has 4 heteroatoms. The topological polar surface area (TPSA) is 45.8 Å². The van der Waals surface area contributed by atoms with Crippen molar-refractivity contribution in [1.29, 1.82) is 0 Å². The summed E-state index contributed by atoms with van der Waals surface area (Å²) in [4.78, 5) is 19.3. The van der Waals surface area contributed by atoms with Crippen LogP contribution in [0.15, 0.2) is 47.3 Å². The molecule has 21 heavy (non-hydrogen) atoms. The average Bonchev–Trinajstić information content (AvgIpc) is 2.46. The molecule has 104 valence electrons. The van der Waals surface area contributed by atoms with Crippen LogP contribution < -0.4 is 5.56 Å². The van der Waals surface area contributed by atoms with E-state index in [9.17, 15) is 4.79 Å². The van der Waals surface area contributed by atoms with E-state index in [0.717, 1.165) is 22.2 Å². The smallest absolute Gasteiger partial charge is 0.274 e. The molecule has 0 saturated heterocycles. The van der Waals surface area contributed by atoms with E-state index in [4.69, 9.17) is 11.6 Å². The number of aromatic nitrogens is 2. The molecule has 0 fully saturated rings. The van der Waals surface area contributed by atoms with Gasteiger partial charge in [-0.25, -0.2) is 4.98 Å². The van der Waals surface area contributed by atoms with Crippen molar-refractivity contribution >= 4 is 34.8 Å². The van der Waals surface area contributed by atoms with Crippen LogP contribution in [0.25, 0.3) is 23.2 Å². The van der Waals surface area contributed by atoms with E-state index in [1.54, 1.807) is 12.2 Å². The Labute approximate surface area is 126 Å². The van der Waals surface area contributed by atoms with Crippen LogP contribution in [-0.2, 0) is 0 Å². The fourth-order valence-electron chi connectivity index (χ4n) is 2.11. The van der Waals surface area contributed by atoms with Crippen molar-refractivity contribution in [3.8, 4) is 0 Å². The number of nitrogens with zero attached hydrogens (tertiary/aromatic N) is 1. The van der Waals surface area contributed by atoms with E-state index in [2.05, 4.69) is 9.97 Å². The predicted molar refractivity (Wildman–Crippen MR) is 87.5 cm³/mol. The first kappa shape index (κ1) is 13.6. The molecule has 0 aliphatic carbocycles. The number of nitrogens with one attached hydrogen (secondary N) is 1. The predicted octanol–water partition coefficient (Wildman–Crippen LogP) is 4.06. The number of aryl methyl sites for hydroxylation is 1. The zero-order valence-electron chi connectivity index (χ0n) is 11.4. The zero-order valence-corrected chi connectivity index (χ0v) is 12.2. The lowest BCUT2D eigenvalue weighted by Crippen LogP contribution is -2.11. The fraction of sp³-hybridized carbons (Fsp3) is 0.0588. The summed E-state index contributed by atoms with van der Waals surface area (Å²) in [5, 5.41) is 0.640. The zero-order chi connectivity index (χ0) is 14.8. The van der Waals surface area contributed by atoms with Crippen molar-refractivity contribution in [2.24, 2.45) is 0 Å². The van der Waals surface area contributed by atoms with Crippen molar-refractivity contribution in [1.82, 2.24) is 9.97 Å². The maximum absolute atomic E-state index is 12.0. The first-order chi connectivity index (χ1) is 10.1.